The number of hydrogen-bond donors (Lipinski definition) is 2. The Morgan fingerprint density at radius 3 is 3.00 bits per heavy atom. The van der Waals surface area contributed by atoms with Gasteiger partial charge in [-0.3, -0.25) is 4.79 Å². The van der Waals surface area contributed by atoms with Crippen molar-refractivity contribution in [3.05, 3.63) is 0 Å². The second-order valence-corrected chi connectivity index (χ2v) is 4.24. The molecule has 0 spiro atoms. The van der Waals surface area contributed by atoms with Crippen LogP contribution >= 0.6 is 0 Å². The minimum atomic E-state index is -0.364. The van der Waals surface area contributed by atoms with E-state index in [1.165, 1.54) is 0 Å². The van der Waals surface area contributed by atoms with Gasteiger partial charge in [0.15, 0.2) is 0 Å². The molecule has 3 atom stereocenters. The number of ether oxygens (including phenoxy) is 1. The van der Waals surface area contributed by atoms with Crippen molar-refractivity contribution in [3.63, 3.8) is 0 Å². The van der Waals surface area contributed by atoms with Crippen LogP contribution in [-0.2, 0) is 9.53 Å². The summed E-state index contributed by atoms with van der Waals surface area (Å²) in [6.07, 6.45) is 3.52. The summed E-state index contributed by atoms with van der Waals surface area (Å²) in [4.78, 5) is 10.8. The Labute approximate surface area is 77.6 Å². The molecule has 1 saturated heterocycles. The molecule has 4 nitrogen and oxygen atoms in total. The van der Waals surface area contributed by atoms with E-state index in [2.05, 4.69) is 0 Å². The zero-order valence-electron chi connectivity index (χ0n) is 7.66. The largest absolute Gasteiger partial charge is 0.378 e. The van der Waals surface area contributed by atoms with E-state index in [0.29, 0.717) is 12.3 Å². The third-order valence-corrected chi connectivity index (χ3v) is 3.26. The molecule has 1 aliphatic heterocycles. The third-order valence-electron chi connectivity index (χ3n) is 3.26. The molecule has 0 aromatic heterocycles. The van der Waals surface area contributed by atoms with Crippen LogP contribution in [0.15, 0.2) is 0 Å². The smallest absolute Gasteiger partial charge is 0.219 e. The Balaban J connectivity index is 1.98. The standard InChI is InChI=1S/C9H16N2O2/c10-8(12)5-9(11)4-7-6(9)2-1-3-13-7/h6-7H,1-5,11H2,(H2,10,12). The van der Waals surface area contributed by atoms with E-state index in [4.69, 9.17) is 16.2 Å². The van der Waals surface area contributed by atoms with Crippen LogP contribution in [0.3, 0.4) is 0 Å². The van der Waals surface area contributed by atoms with Gasteiger partial charge in [0, 0.05) is 24.5 Å². The minimum absolute atomic E-state index is 0.290. The second-order valence-electron chi connectivity index (χ2n) is 4.24. The fraction of sp³-hybridized carbons (Fsp3) is 0.889. The van der Waals surface area contributed by atoms with Crippen LogP contribution in [0.2, 0.25) is 0 Å². The van der Waals surface area contributed by atoms with Gasteiger partial charge in [-0.25, -0.2) is 0 Å². The number of nitrogens with two attached hydrogens (primary N) is 2. The van der Waals surface area contributed by atoms with Gasteiger partial charge in [0.25, 0.3) is 0 Å². The SMILES string of the molecule is NC(=O)CC1(N)CC2OCCCC21. The molecule has 0 bridgehead atoms. The predicted molar refractivity (Wildman–Crippen MR) is 47.8 cm³/mol. The van der Waals surface area contributed by atoms with Gasteiger partial charge in [0.1, 0.15) is 0 Å². The first-order valence-electron chi connectivity index (χ1n) is 4.81. The van der Waals surface area contributed by atoms with Gasteiger partial charge in [-0.15, -0.1) is 0 Å². The molecule has 2 fully saturated rings. The van der Waals surface area contributed by atoms with Gasteiger partial charge in [-0.1, -0.05) is 0 Å². The van der Waals surface area contributed by atoms with Crippen molar-refractivity contribution in [2.75, 3.05) is 6.61 Å². The molecule has 0 aromatic rings. The topological polar surface area (TPSA) is 78.3 Å². The van der Waals surface area contributed by atoms with Crippen LogP contribution in [-0.4, -0.2) is 24.2 Å². The van der Waals surface area contributed by atoms with E-state index in [0.717, 1.165) is 25.9 Å². The molecule has 13 heavy (non-hydrogen) atoms. The number of primary amides is 1. The lowest BCUT2D eigenvalue weighted by molar-refractivity contribution is -0.144. The maximum atomic E-state index is 10.8. The number of amides is 1. The van der Waals surface area contributed by atoms with Crippen molar-refractivity contribution < 1.29 is 9.53 Å². The first-order valence-corrected chi connectivity index (χ1v) is 4.81. The van der Waals surface area contributed by atoms with Crippen molar-refractivity contribution in [3.8, 4) is 0 Å². The van der Waals surface area contributed by atoms with Crippen molar-refractivity contribution in [2.24, 2.45) is 17.4 Å². The Kier molecular flexibility index (Phi) is 2.04. The predicted octanol–water partition coefficient (Wildman–Crippen LogP) is -0.242. The number of carbonyl (C=O) groups is 1. The maximum absolute atomic E-state index is 10.8. The lowest BCUT2D eigenvalue weighted by atomic mass is 9.60. The van der Waals surface area contributed by atoms with Gasteiger partial charge < -0.3 is 16.2 Å². The van der Waals surface area contributed by atoms with Crippen LogP contribution in [0.4, 0.5) is 0 Å². The summed E-state index contributed by atoms with van der Waals surface area (Å²) in [5.74, 6) is 0.0558. The minimum Gasteiger partial charge on any atom is -0.378 e. The van der Waals surface area contributed by atoms with Gasteiger partial charge in [0.2, 0.25) is 5.91 Å². The highest BCUT2D eigenvalue weighted by Crippen LogP contribution is 2.46. The van der Waals surface area contributed by atoms with Crippen molar-refractivity contribution in [1.82, 2.24) is 0 Å². The number of fused-ring (bicyclic) bond motifs is 1. The molecule has 4 N–H and O–H groups in total. The van der Waals surface area contributed by atoms with E-state index < -0.39 is 0 Å². The van der Waals surface area contributed by atoms with Crippen LogP contribution in [0.1, 0.15) is 25.7 Å². The molecule has 0 aromatic carbocycles. The van der Waals surface area contributed by atoms with E-state index >= 15 is 0 Å². The van der Waals surface area contributed by atoms with Gasteiger partial charge >= 0.3 is 0 Å². The summed E-state index contributed by atoms with van der Waals surface area (Å²) in [6.45, 7) is 0.841. The maximum Gasteiger partial charge on any atom is 0.219 e. The van der Waals surface area contributed by atoms with Crippen LogP contribution in [0.25, 0.3) is 0 Å². The molecule has 2 aliphatic rings. The number of hydrogen-bond acceptors (Lipinski definition) is 3. The molecule has 74 valence electrons. The Morgan fingerprint density at radius 1 is 1.62 bits per heavy atom. The average molecular weight is 184 g/mol. The highest BCUT2D eigenvalue weighted by atomic mass is 16.5. The van der Waals surface area contributed by atoms with E-state index in [1.54, 1.807) is 0 Å². The Morgan fingerprint density at radius 2 is 2.38 bits per heavy atom. The Bertz CT molecular complexity index is 232. The molecular formula is C9H16N2O2. The first kappa shape index (κ1) is 8.97. The molecular weight excluding hydrogens is 168 g/mol. The summed E-state index contributed by atoms with van der Waals surface area (Å²) < 4.78 is 5.52. The summed E-state index contributed by atoms with van der Waals surface area (Å²) in [5, 5.41) is 0. The monoisotopic (exact) mass is 184 g/mol. The molecule has 0 radical (unpaired) electrons. The molecule has 2 rings (SSSR count). The number of rotatable bonds is 2. The van der Waals surface area contributed by atoms with E-state index in [1.807, 2.05) is 0 Å². The summed E-state index contributed by atoms with van der Waals surface area (Å²) in [5.41, 5.74) is 10.9. The van der Waals surface area contributed by atoms with Crippen molar-refractivity contribution in [2.45, 2.75) is 37.3 Å². The van der Waals surface area contributed by atoms with Crippen molar-refractivity contribution >= 4 is 5.91 Å². The summed E-state index contributed by atoms with van der Waals surface area (Å²) >= 11 is 0. The molecule has 1 saturated carbocycles. The normalized spacial score (nSPS) is 43.5. The van der Waals surface area contributed by atoms with Gasteiger partial charge in [-0.2, -0.15) is 0 Å². The van der Waals surface area contributed by atoms with Gasteiger partial charge in [0.05, 0.1) is 6.10 Å². The molecule has 1 heterocycles. The lowest BCUT2D eigenvalue weighted by Gasteiger charge is -2.54. The summed E-state index contributed by atoms with van der Waals surface area (Å²) in [7, 11) is 0. The molecule has 1 aliphatic carbocycles. The third kappa shape index (κ3) is 1.44. The quantitative estimate of drug-likeness (QED) is 0.621. The van der Waals surface area contributed by atoms with E-state index in [-0.39, 0.29) is 17.6 Å². The molecule has 4 heteroatoms. The zero-order chi connectivity index (χ0) is 9.47. The lowest BCUT2D eigenvalue weighted by Crippen LogP contribution is -2.66. The van der Waals surface area contributed by atoms with Crippen molar-refractivity contribution in [1.29, 1.82) is 0 Å². The number of carbonyl (C=O) groups excluding carboxylic acids is 1. The molecule has 3 unspecified atom stereocenters. The Hall–Kier alpha value is -0.610. The fourth-order valence-corrected chi connectivity index (χ4v) is 2.59. The fourth-order valence-electron chi connectivity index (χ4n) is 2.59. The van der Waals surface area contributed by atoms with E-state index in [9.17, 15) is 4.79 Å². The van der Waals surface area contributed by atoms with Crippen LogP contribution < -0.4 is 11.5 Å². The van der Waals surface area contributed by atoms with Gasteiger partial charge in [-0.05, 0) is 19.3 Å². The highest BCUT2D eigenvalue weighted by Gasteiger charge is 2.53. The average Bonchev–Trinajstić information content (AvgIpc) is 2.02. The van der Waals surface area contributed by atoms with Crippen LogP contribution in [0, 0.1) is 5.92 Å². The first-order chi connectivity index (χ1) is 6.12. The zero-order valence-corrected chi connectivity index (χ0v) is 7.66. The molecule has 1 amide bonds. The summed E-state index contributed by atoms with van der Waals surface area (Å²) in [6, 6.07) is 0. The second kappa shape index (κ2) is 2.96. The van der Waals surface area contributed by atoms with Crippen LogP contribution in [0.5, 0.6) is 0 Å². The highest BCUT2D eigenvalue weighted by molar-refractivity contribution is 5.75.